The van der Waals surface area contributed by atoms with E-state index in [1.165, 1.54) is 5.56 Å². The maximum atomic E-state index is 13.5. The van der Waals surface area contributed by atoms with Crippen molar-refractivity contribution in [2.75, 3.05) is 14.2 Å². The molecule has 0 saturated heterocycles. The molecule has 3 nitrogen and oxygen atoms in total. The van der Waals surface area contributed by atoms with Crippen molar-refractivity contribution in [2.24, 2.45) is 0 Å². The maximum Gasteiger partial charge on any atom is 0.185 e. The van der Waals surface area contributed by atoms with E-state index in [-0.39, 0.29) is 11.7 Å². The average molecular weight is 411 g/mol. The van der Waals surface area contributed by atoms with Gasteiger partial charge in [0.05, 0.1) is 14.2 Å². The van der Waals surface area contributed by atoms with Gasteiger partial charge in [0.1, 0.15) is 11.5 Å². The number of carbonyl (C=O) groups is 1. The highest BCUT2D eigenvalue weighted by atomic mass is 16.5. The molecule has 3 aromatic carbocycles. The number of methoxy groups -OCH3 is 2. The number of para-hydroxylation sites is 2. The number of hydrogen-bond donors (Lipinski definition) is 0. The fraction of sp³-hybridized carbons (Fsp3) is 0.179. The molecule has 0 bridgehead atoms. The molecule has 0 spiro atoms. The zero-order valence-electron chi connectivity index (χ0n) is 17.9. The van der Waals surface area contributed by atoms with Crippen LogP contribution in [0, 0.1) is 0 Å². The van der Waals surface area contributed by atoms with Crippen LogP contribution in [0.15, 0.2) is 90.0 Å². The smallest absolute Gasteiger partial charge is 0.185 e. The largest absolute Gasteiger partial charge is 0.496 e. The molecule has 0 aliphatic heterocycles. The molecular weight excluding hydrogens is 384 g/mol. The second kappa shape index (κ2) is 9.48. The summed E-state index contributed by atoms with van der Waals surface area (Å²) < 4.78 is 11.0. The van der Waals surface area contributed by atoms with Crippen LogP contribution < -0.4 is 9.47 Å². The molecule has 31 heavy (non-hydrogen) atoms. The standard InChI is InChI=1S/C28H26O3/c1-30-26-14-8-6-12-21(26)16-24-18-23(20-10-4-3-5-11-20)19-25(28(24)29)17-22-13-7-9-15-27(22)31-2/h3-17,23H,18-19H2,1-2H3/b24-16+,25-17+. The molecule has 3 heteroatoms. The van der Waals surface area contributed by atoms with Crippen molar-refractivity contribution < 1.29 is 14.3 Å². The molecule has 0 unspecified atom stereocenters. The minimum atomic E-state index is 0.0870. The third-order valence-electron chi connectivity index (χ3n) is 5.72. The first kappa shape index (κ1) is 20.7. The van der Waals surface area contributed by atoms with Gasteiger partial charge in [0, 0.05) is 22.3 Å². The Kier molecular flexibility index (Phi) is 6.32. The number of hydrogen-bond acceptors (Lipinski definition) is 3. The zero-order chi connectivity index (χ0) is 21.6. The van der Waals surface area contributed by atoms with Gasteiger partial charge in [0.2, 0.25) is 0 Å². The Labute approximate surface area is 183 Å². The van der Waals surface area contributed by atoms with Crippen LogP contribution in [0.4, 0.5) is 0 Å². The SMILES string of the molecule is COc1ccccc1/C=C1\CC(c2ccccc2)C/C(=C\c2ccccc2OC)C1=O. The molecule has 0 amide bonds. The van der Waals surface area contributed by atoms with Crippen LogP contribution in [0.2, 0.25) is 0 Å². The molecule has 0 N–H and O–H groups in total. The van der Waals surface area contributed by atoms with E-state index < -0.39 is 0 Å². The third-order valence-corrected chi connectivity index (χ3v) is 5.72. The van der Waals surface area contributed by atoms with Gasteiger partial charge < -0.3 is 9.47 Å². The Bertz CT molecular complexity index is 1060. The highest BCUT2D eigenvalue weighted by Gasteiger charge is 2.29. The van der Waals surface area contributed by atoms with Crippen molar-refractivity contribution in [3.8, 4) is 11.5 Å². The van der Waals surface area contributed by atoms with Gasteiger partial charge in [-0.25, -0.2) is 0 Å². The number of rotatable bonds is 5. The summed E-state index contributed by atoms with van der Waals surface area (Å²) in [6, 6.07) is 26.0. The van der Waals surface area contributed by atoms with Gasteiger partial charge in [-0.05, 0) is 48.6 Å². The van der Waals surface area contributed by atoms with Crippen LogP contribution in [-0.4, -0.2) is 20.0 Å². The molecule has 4 rings (SSSR count). The predicted molar refractivity (Wildman–Crippen MR) is 125 cm³/mol. The van der Waals surface area contributed by atoms with Crippen LogP contribution in [0.3, 0.4) is 0 Å². The van der Waals surface area contributed by atoms with Crippen molar-refractivity contribution in [3.05, 3.63) is 107 Å². The number of Topliss-reactive ketones (excluding diaryl/α,β-unsaturated/α-hetero) is 1. The molecule has 156 valence electrons. The second-order valence-electron chi connectivity index (χ2n) is 7.67. The van der Waals surface area contributed by atoms with E-state index in [2.05, 4.69) is 24.3 Å². The van der Waals surface area contributed by atoms with E-state index in [9.17, 15) is 4.79 Å². The topological polar surface area (TPSA) is 35.5 Å². The van der Waals surface area contributed by atoms with E-state index in [4.69, 9.17) is 9.47 Å². The highest BCUT2D eigenvalue weighted by molar-refractivity contribution is 6.14. The Balaban J connectivity index is 1.79. The monoisotopic (exact) mass is 410 g/mol. The summed E-state index contributed by atoms with van der Waals surface area (Å²) >= 11 is 0. The number of ether oxygens (including phenoxy) is 2. The van der Waals surface area contributed by atoms with Crippen LogP contribution in [0.25, 0.3) is 12.2 Å². The van der Waals surface area contributed by atoms with Gasteiger partial charge in [-0.15, -0.1) is 0 Å². The van der Waals surface area contributed by atoms with E-state index in [0.717, 1.165) is 33.8 Å². The van der Waals surface area contributed by atoms with E-state index in [1.807, 2.05) is 66.7 Å². The van der Waals surface area contributed by atoms with Gasteiger partial charge in [-0.1, -0.05) is 66.7 Å². The third kappa shape index (κ3) is 4.61. The summed E-state index contributed by atoms with van der Waals surface area (Å²) in [5.41, 5.74) is 4.67. The lowest BCUT2D eigenvalue weighted by Gasteiger charge is -2.26. The number of ketones is 1. The fourth-order valence-electron chi connectivity index (χ4n) is 4.15. The first-order chi connectivity index (χ1) is 15.2. The normalized spacial score (nSPS) is 18.9. The molecule has 1 aliphatic carbocycles. The number of benzene rings is 3. The van der Waals surface area contributed by atoms with Gasteiger partial charge in [-0.2, -0.15) is 0 Å². The molecule has 3 aromatic rings. The molecule has 1 saturated carbocycles. The average Bonchev–Trinajstić information content (AvgIpc) is 2.82. The highest BCUT2D eigenvalue weighted by Crippen LogP contribution is 2.39. The Morgan fingerprint density at radius 3 is 1.61 bits per heavy atom. The van der Waals surface area contributed by atoms with Crippen molar-refractivity contribution in [3.63, 3.8) is 0 Å². The lowest BCUT2D eigenvalue weighted by Crippen LogP contribution is -2.19. The zero-order valence-corrected chi connectivity index (χ0v) is 17.9. The first-order valence-corrected chi connectivity index (χ1v) is 10.5. The molecule has 0 atom stereocenters. The van der Waals surface area contributed by atoms with E-state index in [1.54, 1.807) is 14.2 Å². The van der Waals surface area contributed by atoms with Crippen LogP contribution in [-0.2, 0) is 4.79 Å². The molecule has 1 fully saturated rings. The van der Waals surface area contributed by atoms with Crippen LogP contribution in [0.5, 0.6) is 11.5 Å². The van der Waals surface area contributed by atoms with Crippen molar-refractivity contribution >= 4 is 17.9 Å². The van der Waals surface area contributed by atoms with Crippen LogP contribution in [0.1, 0.15) is 35.4 Å². The van der Waals surface area contributed by atoms with Gasteiger partial charge in [0.25, 0.3) is 0 Å². The fourth-order valence-corrected chi connectivity index (χ4v) is 4.15. The first-order valence-electron chi connectivity index (χ1n) is 10.5. The van der Waals surface area contributed by atoms with Crippen LogP contribution >= 0.6 is 0 Å². The number of carbonyl (C=O) groups excluding carboxylic acids is 1. The lowest BCUT2D eigenvalue weighted by atomic mass is 9.76. The van der Waals surface area contributed by atoms with Gasteiger partial charge >= 0.3 is 0 Å². The quantitative estimate of drug-likeness (QED) is 0.462. The second-order valence-corrected chi connectivity index (χ2v) is 7.67. The molecular formula is C28H26O3. The Hall–Kier alpha value is -3.59. The summed E-state index contributed by atoms with van der Waals surface area (Å²) in [7, 11) is 3.31. The van der Waals surface area contributed by atoms with E-state index in [0.29, 0.717) is 12.8 Å². The lowest BCUT2D eigenvalue weighted by molar-refractivity contribution is -0.113. The summed E-state index contributed by atoms with van der Waals surface area (Å²) in [5, 5.41) is 0. The minimum absolute atomic E-state index is 0.0870. The van der Waals surface area contributed by atoms with Crippen molar-refractivity contribution in [2.45, 2.75) is 18.8 Å². The molecule has 1 aliphatic rings. The molecule has 0 aromatic heterocycles. The Morgan fingerprint density at radius 1 is 0.677 bits per heavy atom. The van der Waals surface area contributed by atoms with E-state index >= 15 is 0 Å². The Morgan fingerprint density at radius 2 is 1.13 bits per heavy atom. The summed E-state index contributed by atoms with van der Waals surface area (Å²) in [6.07, 6.45) is 5.35. The maximum absolute atomic E-state index is 13.5. The summed E-state index contributed by atoms with van der Waals surface area (Å²) in [4.78, 5) is 13.5. The van der Waals surface area contributed by atoms with Gasteiger partial charge in [-0.3, -0.25) is 4.79 Å². The van der Waals surface area contributed by atoms with Crippen molar-refractivity contribution in [1.82, 2.24) is 0 Å². The summed E-state index contributed by atoms with van der Waals surface area (Å²) in [6.45, 7) is 0. The van der Waals surface area contributed by atoms with Gasteiger partial charge in [0.15, 0.2) is 5.78 Å². The number of allylic oxidation sites excluding steroid dienone is 2. The summed E-state index contributed by atoms with van der Waals surface area (Å²) in [5.74, 6) is 1.85. The molecule has 0 heterocycles. The minimum Gasteiger partial charge on any atom is -0.496 e. The molecule has 0 radical (unpaired) electrons. The van der Waals surface area contributed by atoms with Crippen molar-refractivity contribution in [1.29, 1.82) is 0 Å². The predicted octanol–water partition coefficient (Wildman–Crippen LogP) is 6.32.